The molecule has 0 radical (unpaired) electrons. The first-order valence-corrected chi connectivity index (χ1v) is 11.0. The highest BCUT2D eigenvalue weighted by Crippen LogP contribution is 2.23. The average molecular weight is 460 g/mol. The van der Waals surface area contributed by atoms with Gasteiger partial charge < -0.3 is 20.6 Å². The predicted octanol–water partition coefficient (Wildman–Crippen LogP) is 3.42. The first kappa shape index (κ1) is 27.2. The number of nitrogens with zero attached hydrogens (tertiary/aromatic N) is 1. The fourth-order valence-electron chi connectivity index (χ4n) is 4.55. The van der Waals surface area contributed by atoms with Crippen LogP contribution >= 0.6 is 24.8 Å². The second-order valence-corrected chi connectivity index (χ2v) is 8.76. The Morgan fingerprint density at radius 3 is 2.53 bits per heavy atom. The molecule has 0 bridgehead atoms. The van der Waals surface area contributed by atoms with Gasteiger partial charge in [-0.1, -0.05) is 37.3 Å². The van der Waals surface area contributed by atoms with Crippen LogP contribution in [0.2, 0.25) is 0 Å². The molecule has 0 aromatic heterocycles. The number of aliphatic hydroxyl groups excluding tert-OH is 1. The summed E-state index contributed by atoms with van der Waals surface area (Å²) in [7, 11) is 0. The molecule has 0 spiro atoms. The molecule has 2 heterocycles. The van der Waals surface area contributed by atoms with Crippen LogP contribution < -0.4 is 10.6 Å². The van der Waals surface area contributed by atoms with E-state index in [1.807, 2.05) is 30.3 Å². The van der Waals surface area contributed by atoms with Crippen molar-refractivity contribution in [3.8, 4) is 0 Å². The fourth-order valence-corrected chi connectivity index (χ4v) is 4.55. The van der Waals surface area contributed by atoms with Crippen molar-refractivity contribution in [3.63, 3.8) is 0 Å². The largest absolute Gasteiger partial charge is 0.387 e. The summed E-state index contributed by atoms with van der Waals surface area (Å²) in [5.41, 5.74) is 0.985. The van der Waals surface area contributed by atoms with Crippen LogP contribution in [-0.4, -0.2) is 55.2 Å². The van der Waals surface area contributed by atoms with E-state index in [9.17, 15) is 9.90 Å². The molecule has 5 nitrogen and oxygen atoms in total. The van der Waals surface area contributed by atoms with Crippen molar-refractivity contribution in [1.82, 2.24) is 15.5 Å². The van der Waals surface area contributed by atoms with Crippen LogP contribution in [0.4, 0.5) is 0 Å². The van der Waals surface area contributed by atoms with Crippen molar-refractivity contribution in [3.05, 3.63) is 35.9 Å². The van der Waals surface area contributed by atoms with Crippen LogP contribution in [0.1, 0.15) is 50.7 Å². The number of piperidine rings is 2. The normalized spacial score (nSPS) is 22.3. The molecular weight excluding hydrogens is 421 g/mol. The van der Waals surface area contributed by atoms with Crippen LogP contribution in [0.25, 0.3) is 0 Å². The summed E-state index contributed by atoms with van der Waals surface area (Å²) in [5.74, 6) is 1.86. The molecule has 2 aliphatic heterocycles. The standard InChI is InChI=1S/C23H37N3O2.2ClH/c1-18(21-8-5-11-24-16-21)14-23(28)25-15-19-9-12-26(13-10-19)17-22(27)20-6-3-2-4-7-20;;/h2-4,6-7,18-19,21-22,24,27H,5,8-17H2,1H3,(H,25,28);2*1H. The van der Waals surface area contributed by atoms with E-state index < -0.39 is 6.10 Å². The first-order valence-electron chi connectivity index (χ1n) is 11.0. The van der Waals surface area contributed by atoms with Crippen molar-refractivity contribution < 1.29 is 9.90 Å². The second-order valence-electron chi connectivity index (χ2n) is 8.76. The van der Waals surface area contributed by atoms with Crippen LogP contribution in [0.3, 0.4) is 0 Å². The third-order valence-corrected chi connectivity index (χ3v) is 6.56. The molecule has 1 amide bonds. The van der Waals surface area contributed by atoms with Gasteiger partial charge in [0.15, 0.2) is 0 Å². The number of carbonyl (C=O) groups is 1. The van der Waals surface area contributed by atoms with Gasteiger partial charge in [-0.2, -0.15) is 0 Å². The smallest absolute Gasteiger partial charge is 0.220 e. The monoisotopic (exact) mass is 459 g/mol. The highest BCUT2D eigenvalue weighted by atomic mass is 35.5. The van der Waals surface area contributed by atoms with Crippen molar-refractivity contribution in [1.29, 1.82) is 0 Å². The molecule has 1 aromatic carbocycles. The number of benzene rings is 1. The minimum Gasteiger partial charge on any atom is -0.387 e. The third kappa shape index (κ3) is 8.72. The van der Waals surface area contributed by atoms with E-state index in [1.54, 1.807) is 0 Å². The van der Waals surface area contributed by atoms with E-state index in [0.29, 0.717) is 30.7 Å². The van der Waals surface area contributed by atoms with Gasteiger partial charge in [0.05, 0.1) is 6.10 Å². The summed E-state index contributed by atoms with van der Waals surface area (Å²) >= 11 is 0. The number of aliphatic hydroxyl groups is 1. The van der Waals surface area contributed by atoms with E-state index in [1.165, 1.54) is 12.8 Å². The number of β-amino-alcohol motifs (C(OH)–C–C–N with tert-alkyl or cyclic N) is 1. The molecule has 0 saturated carbocycles. The quantitative estimate of drug-likeness (QED) is 0.557. The molecule has 172 valence electrons. The molecule has 1 aromatic rings. The number of carbonyl (C=O) groups excluding carboxylic acids is 1. The number of hydrogen-bond acceptors (Lipinski definition) is 4. The van der Waals surface area contributed by atoms with E-state index in [0.717, 1.165) is 51.1 Å². The minimum atomic E-state index is -0.423. The summed E-state index contributed by atoms with van der Waals surface area (Å²) in [6, 6.07) is 9.88. The van der Waals surface area contributed by atoms with Gasteiger partial charge in [-0.3, -0.25) is 4.79 Å². The topological polar surface area (TPSA) is 64.6 Å². The molecule has 3 unspecified atom stereocenters. The molecule has 3 N–H and O–H groups in total. The lowest BCUT2D eigenvalue weighted by Gasteiger charge is -2.33. The van der Waals surface area contributed by atoms with Gasteiger partial charge in [-0.05, 0) is 75.2 Å². The lowest BCUT2D eigenvalue weighted by atomic mass is 9.85. The van der Waals surface area contributed by atoms with Gasteiger partial charge in [0.25, 0.3) is 0 Å². The van der Waals surface area contributed by atoms with E-state index >= 15 is 0 Å². The Hall–Kier alpha value is -0.850. The zero-order chi connectivity index (χ0) is 19.8. The minimum absolute atomic E-state index is 0. The Morgan fingerprint density at radius 2 is 1.90 bits per heavy atom. The third-order valence-electron chi connectivity index (χ3n) is 6.56. The SMILES string of the molecule is CC(CC(=O)NCC1CCN(CC(O)c2ccccc2)CC1)C1CCCNC1.Cl.Cl. The second kappa shape index (κ2) is 14.3. The Morgan fingerprint density at radius 1 is 1.20 bits per heavy atom. The maximum Gasteiger partial charge on any atom is 0.220 e. The van der Waals surface area contributed by atoms with Crippen molar-refractivity contribution in [2.45, 2.75) is 45.1 Å². The summed E-state index contributed by atoms with van der Waals surface area (Å²) in [6.45, 7) is 7.87. The Labute approximate surface area is 194 Å². The van der Waals surface area contributed by atoms with E-state index in [4.69, 9.17) is 0 Å². The number of nitrogens with one attached hydrogen (secondary N) is 2. The summed E-state index contributed by atoms with van der Waals surface area (Å²) < 4.78 is 0. The maximum atomic E-state index is 12.3. The molecule has 3 atom stereocenters. The van der Waals surface area contributed by atoms with Crippen molar-refractivity contribution in [2.75, 3.05) is 39.3 Å². The highest BCUT2D eigenvalue weighted by Gasteiger charge is 2.24. The zero-order valence-electron chi connectivity index (χ0n) is 18.1. The maximum absolute atomic E-state index is 12.3. The Balaban J connectivity index is 0.00000225. The zero-order valence-corrected chi connectivity index (χ0v) is 19.7. The molecule has 2 saturated heterocycles. The molecule has 3 rings (SSSR count). The molecule has 2 aliphatic rings. The summed E-state index contributed by atoms with van der Waals surface area (Å²) in [6.07, 6.45) is 4.87. The molecular formula is C23H39Cl2N3O2. The molecule has 0 aliphatic carbocycles. The number of halogens is 2. The van der Waals surface area contributed by atoms with Crippen LogP contribution in [0.15, 0.2) is 30.3 Å². The highest BCUT2D eigenvalue weighted by molar-refractivity contribution is 5.85. The lowest BCUT2D eigenvalue weighted by Crippen LogP contribution is -2.41. The molecule has 2 fully saturated rings. The molecule has 30 heavy (non-hydrogen) atoms. The number of likely N-dealkylation sites (tertiary alicyclic amines) is 1. The van der Waals surface area contributed by atoms with Crippen LogP contribution in [0, 0.1) is 17.8 Å². The van der Waals surface area contributed by atoms with Crippen LogP contribution in [0.5, 0.6) is 0 Å². The predicted molar refractivity (Wildman–Crippen MR) is 127 cm³/mol. The van der Waals surface area contributed by atoms with Gasteiger partial charge in [-0.15, -0.1) is 24.8 Å². The van der Waals surface area contributed by atoms with Gasteiger partial charge in [-0.25, -0.2) is 0 Å². The number of rotatable bonds is 8. The van der Waals surface area contributed by atoms with E-state index in [2.05, 4.69) is 22.5 Å². The van der Waals surface area contributed by atoms with Crippen molar-refractivity contribution >= 4 is 30.7 Å². The van der Waals surface area contributed by atoms with Gasteiger partial charge in [0.1, 0.15) is 0 Å². The van der Waals surface area contributed by atoms with E-state index in [-0.39, 0.29) is 30.7 Å². The Bertz CT molecular complexity index is 591. The van der Waals surface area contributed by atoms with Crippen LogP contribution in [-0.2, 0) is 4.79 Å². The van der Waals surface area contributed by atoms with Gasteiger partial charge in [0, 0.05) is 19.5 Å². The molecule has 7 heteroatoms. The van der Waals surface area contributed by atoms with Crippen molar-refractivity contribution in [2.24, 2.45) is 17.8 Å². The fraction of sp³-hybridized carbons (Fsp3) is 0.696. The summed E-state index contributed by atoms with van der Waals surface area (Å²) in [5, 5.41) is 17.0. The number of hydrogen-bond donors (Lipinski definition) is 3. The first-order chi connectivity index (χ1) is 13.6. The number of amides is 1. The van der Waals surface area contributed by atoms with Gasteiger partial charge in [0.2, 0.25) is 5.91 Å². The lowest BCUT2D eigenvalue weighted by molar-refractivity contribution is -0.122. The van der Waals surface area contributed by atoms with Gasteiger partial charge >= 0.3 is 0 Å². The average Bonchev–Trinajstić information content (AvgIpc) is 2.74. The Kier molecular flexibility index (Phi) is 12.9. The summed E-state index contributed by atoms with van der Waals surface area (Å²) in [4.78, 5) is 14.7.